The summed E-state index contributed by atoms with van der Waals surface area (Å²) in [6.45, 7) is 0.882. The molecule has 2 atom stereocenters. The third-order valence-corrected chi connectivity index (χ3v) is 3.37. The topological polar surface area (TPSA) is 24.8 Å². The zero-order valence-corrected chi connectivity index (χ0v) is 10.4. The van der Waals surface area contributed by atoms with E-state index in [-0.39, 0.29) is 6.17 Å². The Morgan fingerprint density at radius 1 is 1.22 bits per heavy atom. The van der Waals surface area contributed by atoms with Gasteiger partial charge < -0.3 is 9.64 Å². The van der Waals surface area contributed by atoms with E-state index in [4.69, 9.17) is 4.74 Å². The summed E-state index contributed by atoms with van der Waals surface area (Å²) >= 11 is 0. The van der Waals surface area contributed by atoms with Gasteiger partial charge in [-0.25, -0.2) is 0 Å². The molecule has 2 aliphatic rings. The van der Waals surface area contributed by atoms with E-state index in [0.717, 1.165) is 12.3 Å². The normalized spacial score (nSPS) is 24.4. The zero-order chi connectivity index (χ0) is 12.4. The van der Waals surface area contributed by atoms with E-state index >= 15 is 0 Å². The van der Waals surface area contributed by atoms with Crippen LogP contribution < -0.4 is 4.74 Å². The summed E-state index contributed by atoms with van der Waals surface area (Å²) in [5, 5.41) is 0. The zero-order valence-electron chi connectivity index (χ0n) is 10.4. The maximum atomic E-state index is 5.16. The van der Waals surface area contributed by atoms with Gasteiger partial charge in [0.15, 0.2) is 0 Å². The summed E-state index contributed by atoms with van der Waals surface area (Å²) in [5.41, 5.74) is 1.27. The van der Waals surface area contributed by atoms with E-state index in [1.54, 1.807) is 7.11 Å². The van der Waals surface area contributed by atoms with Crippen molar-refractivity contribution in [3.05, 3.63) is 54.3 Å². The second-order valence-corrected chi connectivity index (χ2v) is 4.54. The average Bonchev–Trinajstić information content (AvgIpc) is 2.83. The monoisotopic (exact) mass is 240 g/mol. The summed E-state index contributed by atoms with van der Waals surface area (Å²) in [4.78, 5) is 6.80. The van der Waals surface area contributed by atoms with Crippen molar-refractivity contribution >= 4 is 6.21 Å². The lowest BCUT2D eigenvalue weighted by Crippen LogP contribution is -2.30. The van der Waals surface area contributed by atoms with Gasteiger partial charge >= 0.3 is 0 Å². The molecular weight excluding hydrogens is 224 g/mol. The van der Waals surface area contributed by atoms with Crippen LogP contribution in [0.15, 0.2) is 53.7 Å². The highest BCUT2D eigenvalue weighted by molar-refractivity contribution is 5.72. The van der Waals surface area contributed by atoms with Gasteiger partial charge in [0.1, 0.15) is 11.9 Å². The van der Waals surface area contributed by atoms with Crippen molar-refractivity contribution in [3.63, 3.8) is 0 Å². The minimum atomic E-state index is 0.233. The van der Waals surface area contributed by atoms with Crippen molar-refractivity contribution < 1.29 is 4.74 Å². The highest BCUT2D eigenvalue weighted by Gasteiger charge is 2.27. The van der Waals surface area contributed by atoms with Gasteiger partial charge in [0, 0.05) is 18.7 Å². The molecule has 0 aromatic heterocycles. The second kappa shape index (κ2) is 4.69. The third kappa shape index (κ3) is 2.04. The molecule has 2 heterocycles. The van der Waals surface area contributed by atoms with Gasteiger partial charge in [0.25, 0.3) is 0 Å². The van der Waals surface area contributed by atoms with E-state index in [1.165, 1.54) is 5.56 Å². The Labute approximate surface area is 107 Å². The van der Waals surface area contributed by atoms with Crippen molar-refractivity contribution in [2.24, 2.45) is 10.9 Å². The van der Waals surface area contributed by atoms with E-state index in [0.29, 0.717) is 5.92 Å². The number of aliphatic imine (C=N–C) groups is 1. The average molecular weight is 240 g/mol. The Hall–Kier alpha value is -2.03. The van der Waals surface area contributed by atoms with Crippen molar-refractivity contribution in [2.45, 2.75) is 12.7 Å². The molecule has 2 aliphatic heterocycles. The van der Waals surface area contributed by atoms with E-state index in [1.807, 2.05) is 24.4 Å². The molecule has 1 aromatic rings. The molecule has 1 aromatic carbocycles. The minimum Gasteiger partial charge on any atom is -0.497 e. The first-order valence-electron chi connectivity index (χ1n) is 6.14. The van der Waals surface area contributed by atoms with Crippen LogP contribution in [0.2, 0.25) is 0 Å². The maximum absolute atomic E-state index is 5.16. The number of fused-ring (bicyclic) bond motifs is 1. The van der Waals surface area contributed by atoms with Gasteiger partial charge in [-0.1, -0.05) is 24.3 Å². The van der Waals surface area contributed by atoms with Crippen LogP contribution in [0.25, 0.3) is 0 Å². The van der Waals surface area contributed by atoms with Crippen LogP contribution in [0, 0.1) is 5.92 Å². The molecule has 2 unspecified atom stereocenters. The van der Waals surface area contributed by atoms with Crippen molar-refractivity contribution in [1.29, 1.82) is 0 Å². The quantitative estimate of drug-likeness (QED) is 0.811. The largest absolute Gasteiger partial charge is 0.497 e. The van der Waals surface area contributed by atoms with Gasteiger partial charge in [-0.3, -0.25) is 4.99 Å². The van der Waals surface area contributed by atoms with Crippen LogP contribution in [-0.4, -0.2) is 24.4 Å². The van der Waals surface area contributed by atoms with Crippen LogP contribution >= 0.6 is 0 Å². The predicted molar refractivity (Wildman–Crippen MR) is 72.6 cm³/mol. The molecule has 0 radical (unpaired) electrons. The Bertz CT molecular complexity index is 502. The SMILES string of the molecule is COc1ccc(CN2C=CC3C=CC=NC32)cc1. The van der Waals surface area contributed by atoms with E-state index < -0.39 is 0 Å². The van der Waals surface area contributed by atoms with Gasteiger partial charge in [-0.05, 0) is 30.0 Å². The lowest BCUT2D eigenvalue weighted by atomic mass is 10.1. The lowest BCUT2D eigenvalue weighted by molar-refractivity contribution is 0.274. The molecule has 3 rings (SSSR count). The number of hydrogen-bond donors (Lipinski definition) is 0. The number of methoxy groups -OCH3 is 1. The number of rotatable bonds is 3. The molecule has 0 amide bonds. The number of ether oxygens (including phenoxy) is 1. The Morgan fingerprint density at radius 2 is 2.06 bits per heavy atom. The smallest absolute Gasteiger partial charge is 0.130 e. The molecule has 3 heteroatoms. The Balaban J connectivity index is 1.71. The summed E-state index contributed by atoms with van der Waals surface area (Å²) in [7, 11) is 1.69. The molecule has 0 saturated heterocycles. The molecular formula is C15H16N2O. The number of benzene rings is 1. The number of allylic oxidation sites excluding steroid dienone is 1. The first-order chi connectivity index (χ1) is 8.86. The molecule has 0 N–H and O–H groups in total. The van der Waals surface area contributed by atoms with Gasteiger partial charge in [0.2, 0.25) is 0 Å². The van der Waals surface area contributed by atoms with Crippen LogP contribution in [0.5, 0.6) is 5.75 Å². The van der Waals surface area contributed by atoms with Gasteiger partial charge in [-0.15, -0.1) is 0 Å². The lowest BCUT2D eigenvalue weighted by Gasteiger charge is -2.26. The summed E-state index contributed by atoms with van der Waals surface area (Å²) in [6.07, 6.45) is 10.7. The number of nitrogens with zero attached hydrogens (tertiary/aromatic N) is 2. The first-order valence-corrected chi connectivity index (χ1v) is 6.14. The first kappa shape index (κ1) is 11.1. The van der Waals surface area contributed by atoms with Crippen LogP contribution in [0.4, 0.5) is 0 Å². The summed E-state index contributed by atoms with van der Waals surface area (Å²) in [5.74, 6) is 1.32. The fourth-order valence-electron chi connectivity index (χ4n) is 2.37. The maximum Gasteiger partial charge on any atom is 0.130 e. The van der Waals surface area contributed by atoms with Crippen LogP contribution in [0.1, 0.15) is 5.56 Å². The van der Waals surface area contributed by atoms with Crippen LogP contribution in [0.3, 0.4) is 0 Å². The van der Waals surface area contributed by atoms with Gasteiger partial charge in [0.05, 0.1) is 7.11 Å². The third-order valence-electron chi connectivity index (χ3n) is 3.37. The Morgan fingerprint density at radius 3 is 2.83 bits per heavy atom. The number of hydrogen-bond acceptors (Lipinski definition) is 3. The summed E-state index contributed by atoms with van der Waals surface area (Å²) < 4.78 is 5.16. The predicted octanol–water partition coefficient (Wildman–Crippen LogP) is 2.61. The fraction of sp³-hybridized carbons (Fsp3) is 0.267. The van der Waals surface area contributed by atoms with Crippen molar-refractivity contribution in [3.8, 4) is 5.75 Å². The van der Waals surface area contributed by atoms with E-state index in [2.05, 4.69) is 40.4 Å². The fourth-order valence-corrected chi connectivity index (χ4v) is 2.37. The standard InChI is InChI=1S/C15H16N2O/c1-18-14-6-4-12(5-7-14)11-17-10-8-13-3-2-9-16-15(13)17/h2-10,13,15H,11H2,1H3. The highest BCUT2D eigenvalue weighted by atomic mass is 16.5. The summed E-state index contributed by atoms with van der Waals surface area (Å²) in [6, 6.07) is 8.19. The molecule has 0 aliphatic carbocycles. The molecule has 18 heavy (non-hydrogen) atoms. The molecule has 0 fully saturated rings. The highest BCUT2D eigenvalue weighted by Crippen LogP contribution is 2.27. The second-order valence-electron chi connectivity index (χ2n) is 4.54. The molecule has 0 saturated carbocycles. The van der Waals surface area contributed by atoms with Gasteiger partial charge in [-0.2, -0.15) is 0 Å². The van der Waals surface area contributed by atoms with E-state index in [9.17, 15) is 0 Å². The molecule has 0 spiro atoms. The Kier molecular flexibility index (Phi) is 2.89. The van der Waals surface area contributed by atoms with Crippen molar-refractivity contribution in [1.82, 2.24) is 4.90 Å². The molecule has 0 bridgehead atoms. The minimum absolute atomic E-state index is 0.233. The molecule has 92 valence electrons. The molecule has 3 nitrogen and oxygen atoms in total. The number of dihydropyridines is 1. The van der Waals surface area contributed by atoms with Crippen LogP contribution in [-0.2, 0) is 6.54 Å². The van der Waals surface area contributed by atoms with Crippen molar-refractivity contribution in [2.75, 3.05) is 7.11 Å².